The summed E-state index contributed by atoms with van der Waals surface area (Å²) in [6.45, 7) is 9.51. The highest BCUT2D eigenvalue weighted by Gasteiger charge is 2.22. The first-order valence-corrected chi connectivity index (χ1v) is 7.65. The zero-order valence-electron chi connectivity index (χ0n) is 12.8. The molecule has 20 heavy (non-hydrogen) atoms. The highest BCUT2D eigenvalue weighted by Crippen LogP contribution is 2.28. The van der Waals surface area contributed by atoms with Crippen LogP contribution in [0.4, 0.5) is 5.69 Å². The van der Waals surface area contributed by atoms with Crippen LogP contribution in [0, 0.1) is 17.2 Å². The standard InChI is InChI=1S/C17H25N3/c1-4-14-7-8-20(12-14)17-6-5-15(9-16(17)10-18)11-19-13(2)3/h5-6,9,13-14,19H,4,7-8,11-12H2,1-3H3. The molecule has 108 valence electrons. The predicted octanol–water partition coefficient (Wildman–Crippen LogP) is 3.29. The van der Waals surface area contributed by atoms with Crippen LogP contribution < -0.4 is 10.2 Å². The summed E-state index contributed by atoms with van der Waals surface area (Å²) in [5, 5.41) is 12.8. The molecule has 1 atom stereocenters. The molecule has 0 radical (unpaired) electrons. The molecule has 1 aromatic rings. The molecule has 0 spiro atoms. The molecule has 2 rings (SSSR count). The molecule has 1 saturated heterocycles. The fraction of sp³-hybridized carbons (Fsp3) is 0.588. The molecule has 1 aliphatic rings. The maximum absolute atomic E-state index is 9.41. The molecular formula is C17H25N3. The van der Waals surface area contributed by atoms with Crippen molar-refractivity contribution in [3.05, 3.63) is 29.3 Å². The first-order chi connectivity index (χ1) is 9.63. The second kappa shape index (κ2) is 6.76. The van der Waals surface area contributed by atoms with Gasteiger partial charge in [0.1, 0.15) is 6.07 Å². The van der Waals surface area contributed by atoms with Crippen LogP contribution in [0.3, 0.4) is 0 Å². The lowest BCUT2D eigenvalue weighted by atomic mass is 10.1. The number of rotatable bonds is 5. The molecule has 0 amide bonds. The lowest BCUT2D eigenvalue weighted by Crippen LogP contribution is -2.23. The van der Waals surface area contributed by atoms with Crippen molar-refractivity contribution in [2.45, 2.75) is 46.2 Å². The second-order valence-electron chi connectivity index (χ2n) is 6.01. The van der Waals surface area contributed by atoms with Gasteiger partial charge in [-0.05, 0) is 30.0 Å². The van der Waals surface area contributed by atoms with Gasteiger partial charge in [0, 0.05) is 25.7 Å². The number of nitrogens with one attached hydrogen (secondary N) is 1. The van der Waals surface area contributed by atoms with Gasteiger partial charge in [0.2, 0.25) is 0 Å². The van der Waals surface area contributed by atoms with Gasteiger partial charge in [-0.25, -0.2) is 0 Å². The van der Waals surface area contributed by atoms with Crippen molar-refractivity contribution < 1.29 is 0 Å². The Morgan fingerprint density at radius 1 is 1.45 bits per heavy atom. The molecule has 1 fully saturated rings. The fourth-order valence-electron chi connectivity index (χ4n) is 2.77. The van der Waals surface area contributed by atoms with Crippen LogP contribution in [0.1, 0.15) is 44.7 Å². The van der Waals surface area contributed by atoms with Crippen LogP contribution in [0.2, 0.25) is 0 Å². The van der Waals surface area contributed by atoms with E-state index in [0.717, 1.165) is 36.8 Å². The first-order valence-electron chi connectivity index (χ1n) is 7.65. The number of anilines is 1. The Morgan fingerprint density at radius 3 is 2.85 bits per heavy atom. The van der Waals surface area contributed by atoms with Crippen LogP contribution in [-0.4, -0.2) is 19.1 Å². The Hall–Kier alpha value is -1.53. The van der Waals surface area contributed by atoms with E-state index in [1.165, 1.54) is 18.4 Å². The molecule has 3 nitrogen and oxygen atoms in total. The average Bonchev–Trinajstić information content (AvgIpc) is 2.93. The number of hydrogen-bond acceptors (Lipinski definition) is 3. The molecule has 3 heteroatoms. The molecule has 0 saturated carbocycles. The molecular weight excluding hydrogens is 246 g/mol. The highest BCUT2D eigenvalue weighted by molar-refractivity contribution is 5.61. The van der Waals surface area contributed by atoms with Crippen molar-refractivity contribution >= 4 is 5.69 Å². The minimum absolute atomic E-state index is 0.462. The van der Waals surface area contributed by atoms with Crippen LogP contribution in [-0.2, 0) is 6.54 Å². The molecule has 1 aromatic carbocycles. The van der Waals surface area contributed by atoms with Crippen molar-refractivity contribution in [2.24, 2.45) is 5.92 Å². The molecule has 0 bridgehead atoms. The van der Waals surface area contributed by atoms with E-state index in [2.05, 4.69) is 49.2 Å². The number of nitriles is 1. The number of nitrogens with zero attached hydrogens (tertiary/aromatic N) is 2. The Bertz CT molecular complexity index is 487. The monoisotopic (exact) mass is 271 g/mol. The van der Waals surface area contributed by atoms with Crippen molar-refractivity contribution in [3.8, 4) is 6.07 Å². The van der Waals surface area contributed by atoms with Gasteiger partial charge >= 0.3 is 0 Å². The van der Waals surface area contributed by atoms with E-state index in [-0.39, 0.29) is 0 Å². The number of hydrogen-bond donors (Lipinski definition) is 1. The third-order valence-corrected chi connectivity index (χ3v) is 4.10. The fourth-order valence-corrected chi connectivity index (χ4v) is 2.77. The number of benzene rings is 1. The Morgan fingerprint density at radius 2 is 2.25 bits per heavy atom. The molecule has 1 N–H and O–H groups in total. The molecule has 0 aromatic heterocycles. The van der Waals surface area contributed by atoms with Gasteiger partial charge in [-0.15, -0.1) is 0 Å². The normalized spacial score (nSPS) is 18.6. The van der Waals surface area contributed by atoms with Crippen LogP contribution in [0.25, 0.3) is 0 Å². The maximum Gasteiger partial charge on any atom is 0.101 e. The third-order valence-electron chi connectivity index (χ3n) is 4.10. The quantitative estimate of drug-likeness (QED) is 0.893. The Kier molecular flexibility index (Phi) is 5.03. The SMILES string of the molecule is CCC1CCN(c2ccc(CNC(C)C)cc2C#N)C1. The van der Waals surface area contributed by atoms with E-state index < -0.39 is 0 Å². The lowest BCUT2D eigenvalue weighted by Gasteiger charge is -2.20. The molecule has 1 aliphatic heterocycles. The smallest absolute Gasteiger partial charge is 0.101 e. The van der Waals surface area contributed by atoms with E-state index in [4.69, 9.17) is 0 Å². The van der Waals surface area contributed by atoms with Gasteiger partial charge in [-0.1, -0.05) is 33.3 Å². The van der Waals surface area contributed by atoms with Crippen LogP contribution in [0.15, 0.2) is 18.2 Å². The largest absolute Gasteiger partial charge is 0.370 e. The van der Waals surface area contributed by atoms with Crippen LogP contribution in [0.5, 0.6) is 0 Å². The zero-order chi connectivity index (χ0) is 14.5. The predicted molar refractivity (Wildman–Crippen MR) is 83.7 cm³/mol. The van der Waals surface area contributed by atoms with Gasteiger partial charge in [0.25, 0.3) is 0 Å². The lowest BCUT2D eigenvalue weighted by molar-refractivity contribution is 0.569. The topological polar surface area (TPSA) is 39.1 Å². The first kappa shape index (κ1) is 14.9. The summed E-state index contributed by atoms with van der Waals surface area (Å²) in [4.78, 5) is 2.37. The van der Waals surface area contributed by atoms with Gasteiger partial charge in [0.15, 0.2) is 0 Å². The van der Waals surface area contributed by atoms with Gasteiger partial charge < -0.3 is 10.2 Å². The Labute approximate surface area is 122 Å². The summed E-state index contributed by atoms with van der Waals surface area (Å²) in [6.07, 6.45) is 2.48. The summed E-state index contributed by atoms with van der Waals surface area (Å²) in [5.74, 6) is 0.781. The Balaban J connectivity index is 2.12. The molecule has 1 unspecified atom stereocenters. The maximum atomic E-state index is 9.41. The van der Waals surface area contributed by atoms with Crippen molar-refractivity contribution in [2.75, 3.05) is 18.0 Å². The summed E-state index contributed by atoms with van der Waals surface area (Å²) in [5.41, 5.74) is 3.10. The minimum atomic E-state index is 0.462. The van der Waals surface area contributed by atoms with Crippen LogP contribution >= 0.6 is 0 Å². The van der Waals surface area contributed by atoms with Crippen molar-refractivity contribution in [3.63, 3.8) is 0 Å². The zero-order valence-corrected chi connectivity index (χ0v) is 12.8. The van der Waals surface area contributed by atoms with Gasteiger partial charge in [0.05, 0.1) is 11.3 Å². The van der Waals surface area contributed by atoms with E-state index in [1.54, 1.807) is 0 Å². The third kappa shape index (κ3) is 3.52. The second-order valence-corrected chi connectivity index (χ2v) is 6.01. The van der Waals surface area contributed by atoms with Crippen molar-refractivity contribution in [1.29, 1.82) is 5.26 Å². The summed E-state index contributed by atoms with van der Waals surface area (Å²) in [6, 6.07) is 9.12. The highest BCUT2D eigenvalue weighted by atomic mass is 15.2. The summed E-state index contributed by atoms with van der Waals surface area (Å²) < 4.78 is 0. The summed E-state index contributed by atoms with van der Waals surface area (Å²) in [7, 11) is 0. The van der Waals surface area contributed by atoms with Gasteiger partial charge in [-0.2, -0.15) is 5.26 Å². The van der Waals surface area contributed by atoms with E-state index in [1.807, 2.05) is 6.07 Å². The van der Waals surface area contributed by atoms with Gasteiger partial charge in [-0.3, -0.25) is 0 Å². The van der Waals surface area contributed by atoms with E-state index >= 15 is 0 Å². The van der Waals surface area contributed by atoms with E-state index in [0.29, 0.717) is 6.04 Å². The summed E-state index contributed by atoms with van der Waals surface area (Å²) >= 11 is 0. The minimum Gasteiger partial charge on any atom is -0.370 e. The van der Waals surface area contributed by atoms with E-state index in [9.17, 15) is 5.26 Å². The molecule has 1 heterocycles. The molecule has 0 aliphatic carbocycles. The average molecular weight is 271 g/mol. The van der Waals surface area contributed by atoms with Crippen molar-refractivity contribution in [1.82, 2.24) is 5.32 Å².